The predicted octanol–water partition coefficient (Wildman–Crippen LogP) is 0.764. The topological polar surface area (TPSA) is 55.0 Å². The summed E-state index contributed by atoms with van der Waals surface area (Å²) in [5.74, 6) is 0.859. The average molecular weight is 231 g/mol. The van der Waals surface area contributed by atoms with E-state index in [4.69, 9.17) is 5.73 Å². The Labute approximate surface area is 79.9 Å². The largest absolute Gasteiger partial charge is 0.363 e. The molecule has 0 atom stereocenters. The first-order chi connectivity index (χ1) is 5.63. The van der Waals surface area contributed by atoms with Crippen LogP contribution in [0.25, 0.3) is 0 Å². The third kappa shape index (κ3) is 2.15. The SMILES string of the molecule is CN(C)c1cc(CN)nc(Br)n1. The highest BCUT2D eigenvalue weighted by atomic mass is 79.9. The number of nitrogens with two attached hydrogens (primary N) is 1. The first-order valence-corrected chi connectivity index (χ1v) is 4.33. The van der Waals surface area contributed by atoms with E-state index in [2.05, 4.69) is 25.9 Å². The van der Waals surface area contributed by atoms with Crippen molar-refractivity contribution in [3.8, 4) is 0 Å². The monoisotopic (exact) mass is 230 g/mol. The normalized spacial score (nSPS) is 10.0. The second kappa shape index (κ2) is 3.82. The summed E-state index contributed by atoms with van der Waals surface area (Å²) in [6.07, 6.45) is 0. The summed E-state index contributed by atoms with van der Waals surface area (Å²) in [6, 6.07) is 1.87. The fourth-order valence-electron chi connectivity index (χ4n) is 0.785. The molecule has 12 heavy (non-hydrogen) atoms. The van der Waals surface area contributed by atoms with E-state index >= 15 is 0 Å². The summed E-state index contributed by atoms with van der Waals surface area (Å²) < 4.78 is 0.578. The second-order valence-corrected chi connectivity index (χ2v) is 3.29. The lowest BCUT2D eigenvalue weighted by Gasteiger charge is -2.11. The summed E-state index contributed by atoms with van der Waals surface area (Å²) in [5, 5.41) is 0. The second-order valence-electron chi connectivity index (χ2n) is 2.59. The lowest BCUT2D eigenvalue weighted by molar-refractivity contribution is 0.924. The Morgan fingerprint density at radius 1 is 1.50 bits per heavy atom. The minimum atomic E-state index is 0.433. The molecule has 0 spiro atoms. The van der Waals surface area contributed by atoms with Gasteiger partial charge < -0.3 is 10.6 Å². The molecule has 0 bridgehead atoms. The van der Waals surface area contributed by atoms with Crippen molar-refractivity contribution >= 4 is 21.7 Å². The molecule has 1 aromatic heterocycles. The minimum Gasteiger partial charge on any atom is -0.363 e. The summed E-state index contributed by atoms with van der Waals surface area (Å²) in [6.45, 7) is 0.433. The van der Waals surface area contributed by atoms with Gasteiger partial charge in [-0.1, -0.05) is 0 Å². The standard InChI is InChI=1S/C7H11BrN4/c1-12(2)6-3-5(4-9)10-7(8)11-6/h3H,4,9H2,1-2H3. The van der Waals surface area contributed by atoms with E-state index in [9.17, 15) is 0 Å². The van der Waals surface area contributed by atoms with E-state index in [0.29, 0.717) is 11.3 Å². The van der Waals surface area contributed by atoms with Crippen LogP contribution in [0, 0.1) is 0 Å². The Morgan fingerprint density at radius 3 is 2.67 bits per heavy atom. The van der Waals surface area contributed by atoms with Crippen molar-refractivity contribution in [3.63, 3.8) is 0 Å². The maximum atomic E-state index is 5.46. The van der Waals surface area contributed by atoms with Crippen molar-refractivity contribution < 1.29 is 0 Å². The van der Waals surface area contributed by atoms with Gasteiger partial charge in [-0.2, -0.15) is 0 Å². The van der Waals surface area contributed by atoms with Gasteiger partial charge in [-0.15, -0.1) is 0 Å². The quantitative estimate of drug-likeness (QED) is 0.763. The molecule has 1 aromatic rings. The van der Waals surface area contributed by atoms with Gasteiger partial charge in [0.2, 0.25) is 0 Å². The van der Waals surface area contributed by atoms with Crippen molar-refractivity contribution in [2.24, 2.45) is 5.73 Å². The van der Waals surface area contributed by atoms with E-state index < -0.39 is 0 Å². The molecule has 1 rings (SSSR count). The van der Waals surface area contributed by atoms with Crippen molar-refractivity contribution in [2.45, 2.75) is 6.54 Å². The van der Waals surface area contributed by atoms with Gasteiger partial charge in [-0.05, 0) is 15.9 Å². The number of nitrogens with zero attached hydrogens (tertiary/aromatic N) is 3. The van der Waals surface area contributed by atoms with Crippen molar-refractivity contribution in [1.29, 1.82) is 0 Å². The third-order valence-corrected chi connectivity index (χ3v) is 1.76. The van der Waals surface area contributed by atoms with Crippen LogP contribution in [0.15, 0.2) is 10.8 Å². The number of aromatic nitrogens is 2. The van der Waals surface area contributed by atoms with Crippen LogP contribution in [0.1, 0.15) is 5.69 Å². The molecular formula is C7H11BrN4. The molecule has 4 nitrogen and oxygen atoms in total. The molecular weight excluding hydrogens is 220 g/mol. The number of halogens is 1. The number of rotatable bonds is 2. The highest BCUT2D eigenvalue weighted by Crippen LogP contribution is 2.12. The number of hydrogen-bond donors (Lipinski definition) is 1. The molecule has 1 heterocycles. The van der Waals surface area contributed by atoms with Crippen LogP contribution >= 0.6 is 15.9 Å². The Hall–Kier alpha value is -0.680. The molecule has 0 aliphatic rings. The molecule has 0 radical (unpaired) electrons. The molecule has 0 unspecified atom stereocenters. The van der Waals surface area contributed by atoms with Crippen LogP contribution in [-0.2, 0) is 6.54 Å². The molecule has 0 amide bonds. The first kappa shape index (κ1) is 9.41. The zero-order valence-corrected chi connectivity index (χ0v) is 8.67. The molecule has 2 N–H and O–H groups in total. The van der Waals surface area contributed by atoms with Gasteiger partial charge in [0, 0.05) is 26.7 Å². The summed E-state index contributed by atoms with van der Waals surface area (Å²) in [5.41, 5.74) is 6.29. The minimum absolute atomic E-state index is 0.433. The molecule has 66 valence electrons. The van der Waals surface area contributed by atoms with Crippen LogP contribution in [0.4, 0.5) is 5.82 Å². The van der Waals surface area contributed by atoms with Crippen LogP contribution < -0.4 is 10.6 Å². The zero-order valence-electron chi connectivity index (χ0n) is 7.08. The van der Waals surface area contributed by atoms with Crippen LogP contribution in [-0.4, -0.2) is 24.1 Å². The van der Waals surface area contributed by atoms with Crippen LogP contribution in [0.5, 0.6) is 0 Å². The lowest BCUT2D eigenvalue weighted by Crippen LogP contribution is -2.12. The van der Waals surface area contributed by atoms with Gasteiger partial charge in [0.05, 0.1) is 5.69 Å². The van der Waals surface area contributed by atoms with Crippen LogP contribution in [0.2, 0.25) is 0 Å². The van der Waals surface area contributed by atoms with Crippen molar-refractivity contribution in [2.75, 3.05) is 19.0 Å². The maximum Gasteiger partial charge on any atom is 0.198 e. The maximum absolute atomic E-state index is 5.46. The summed E-state index contributed by atoms with van der Waals surface area (Å²) >= 11 is 3.22. The number of hydrogen-bond acceptors (Lipinski definition) is 4. The lowest BCUT2D eigenvalue weighted by atomic mass is 10.4. The molecule has 0 aliphatic carbocycles. The molecule has 0 fully saturated rings. The Balaban J connectivity index is 3.06. The summed E-state index contributed by atoms with van der Waals surface area (Å²) in [4.78, 5) is 10.2. The van der Waals surface area contributed by atoms with Gasteiger partial charge in [0.25, 0.3) is 0 Å². The Morgan fingerprint density at radius 2 is 2.17 bits per heavy atom. The highest BCUT2D eigenvalue weighted by molar-refractivity contribution is 9.10. The summed E-state index contributed by atoms with van der Waals surface area (Å²) in [7, 11) is 3.85. The molecule has 0 saturated carbocycles. The number of anilines is 1. The van der Waals surface area contributed by atoms with E-state index in [1.807, 2.05) is 25.1 Å². The molecule has 0 saturated heterocycles. The highest BCUT2D eigenvalue weighted by Gasteiger charge is 2.02. The Bertz CT molecular complexity index is 274. The zero-order chi connectivity index (χ0) is 9.14. The van der Waals surface area contributed by atoms with E-state index in [0.717, 1.165) is 11.5 Å². The van der Waals surface area contributed by atoms with Crippen LogP contribution in [0.3, 0.4) is 0 Å². The molecule has 5 heteroatoms. The third-order valence-electron chi connectivity index (χ3n) is 1.41. The average Bonchev–Trinajstić information content (AvgIpc) is 2.03. The van der Waals surface area contributed by atoms with Gasteiger partial charge >= 0.3 is 0 Å². The fraction of sp³-hybridized carbons (Fsp3) is 0.429. The van der Waals surface area contributed by atoms with Crippen molar-refractivity contribution in [3.05, 3.63) is 16.5 Å². The fourth-order valence-corrected chi connectivity index (χ4v) is 1.19. The van der Waals surface area contributed by atoms with Gasteiger partial charge in [-0.25, -0.2) is 9.97 Å². The smallest absolute Gasteiger partial charge is 0.198 e. The van der Waals surface area contributed by atoms with Gasteiger partial charge in [0.15, 0.2) is 4.73 Å². The first-order valence-electron chi connectivity index (χ1n) is 3.54. The predicted molar refractivity (Wildman–Crippen MR) is 52.0 cm³/mol. The molecule has 0 aliphatic heterocycles. The Kier molecular flexibility index (Phi) is 2.99. The van der Waals surface area contributed by atoms with E-state index in [1.165, 1.54) is 0 Å². The van der Waals surface area contributed by atoms with E-state index in [-0.39, 0.29) is 0 Å². The van der Waals surface area contributed by atoms with Crippen molar-refractivity contribution in [1.82, 2.24) is 9.97 Å². The van der Waals surface area contributed by atoms with Gasteiger partial charge in [0.1, 0.15) is 5.82 Å². The van der Waals surface area contributed by atoms with E-state index in [1.54, 1.807) is 0 Å². The van der Waals surface area contributed by atoms with Gasteiger partial charge in [-0.3, -0.25) is 0 Å². The molecule has 0 aromatic carbocycles.